The van der Waals surface area contributed by atoms with Gasteiger partial charge >= 0.3 is 0 Å². The van der Waals surface area contributed by atoms with Crippen molar-refractivity contribution in [2.24, 2.45) is 17.3 Å². The Hall–Kier alpha value is -1.19. The highest BCUT2D eigenvalue weighted by Gasteiger charge is 2.51. The third-order valence-electron chi connectivity index (χ3n) is 6.60. The highest BCUT2D eigenvalue weighted by molar-refractivity contribution is 5.79. The van der Waals surface area contributed by atoms with Crippen molar-refractivity contribution in [2.45, 2.75) is 71.5 Å². The van der Waals surface area contributed by atoms with Crippen LogP contribution in [-0.2, 0) is 4.79 Å². The van der Waals surface area contributed by atoms with Gasteiger partial charge in [0.25, 0.3) is 0 Å². The van der Waals surface area contributed by atoms with E-state index in [0.717, 1.165) is 32.1 Å². The van der Waals surface area contributed by atoms with Crippen LogP contribution in [0, 0.1) is 17.3 Å². The molecule has 0 aromatic rings. The minimum Gasteiger partial charge on any atom is -0.393 e. The van der Waals surface area contributed by atoms with E-state index in [1.54, 1.807) is 6.92 Å². The van der Waals surface area contributed by atoms with Crippen molar-refractivity contribution in [3.63, 3.8) is 0 Å². The van der Waals surface area contributed by atoms with Crippen molar-refractivity contribution in [1.29, 1.82) is 0 Å². The molecule has 0 radical (unpaired) electrons. The lowest BCUT2D eigenvalue weighted by Crippen LogP contribution is -2.39. The molecule has 24 heavy (non-hydrogen) atoms. The molecule has 3 heteroatoms. The Balaban J connectivity index is 1.86. The lowest BCUT2D eigenvalue weighted by Gasteiger charge is -2.41. The van der Waals surface area contributed by atoms with Crippen LogP contribution in [0.3, 0.4) is 0 Å². The molecule has 132 valence electrons. The number of aliphatic hydroxyl groups is 2. The van der Waals surface area contributed by atoms with Crippen molar-refractivity contribution in [3.05, 3.63) is 34.9 Å². The van der Waals surface area contributed by atoms with E-state index in [-0.39, 0.29) is 23.2 Å². The minimum absolute atomic E-state index is 0.0618. The van der Waals surface area contributed by atoms with Crippen molar-refractivity contribution < 1.29 is 15.0 Å². The number of rotatable bonds is 3. The number of hydrogen-bond acceptors (Lipinski definition) is 3. The number of ketones is 1. The van der Waals surface area contributed by atoms with Gasteiger partial charge in [-0.25, -0.2) is 0 Å². The van der Waals surface area contributed by atoms with E-state index < -0.39 is 6.10 Å². The first kappa shape index (κ1) is 17.6. The largest absolute Gasteiger partial charge is 0.393 e. The third-order valence-corrected chi connectivity index (χ3v) is 6.60. The molecule has 0 saturated heterocycles. The second kappa shape index (κ2) is 6.61. The predicted octanol–water partition coefficient (Wildman–Crippen LogP) is 3.72. The fraction of sp³-hybridized carbons (Fsp3) is 0.667. The van der Waals surface area contributed by atoms with Gasteiger partial charge in [0, 0.05) is 5.92 Å². The molecule has 3 aliphatic carbocycles. The number of aliphatic hydroxyl groups excluding tert-OH is 2. The standard InChI is InChI=1S/C21H30O3/c1-13-4-7-17(23)10-15(13)5-6-16-11-18(24)12-21(3)19(14(2)22)8-9-20(16)21/h5-6,11,17-20,23-24H,4,7-10,12H2,1-3H3/b6-5+/t17-,18-,19-,20+,21-/m1/s1. The maximum Gasteiger partial charge on any atom is 0.133 e. The van der Waals surface area contributed by atoms with Gasteiger partial charge in [-0.15, -0.1) is 0 Å². The summed E-state index contributed by atoms with van der Waals surface area (Å²) in [7, 11) is 0. The van der Waals surface area contributed by atoms with Gasteiger partial charge in [-0.05, 0) is 74.9 Å². The van der Waals surface area contributed by atoms with Gasteiger partial charge in [0.2, 0.25) is 0 Å². The van der Waals surface area contributed by atoms with Gasteiger partial charge in [-0.1, -0.05) is 30.7 Å². The Labute approximate surface area is 145 Å². The molecular formula is C21H30O3. The summed E-state index contributed by atoms with van der Waals surface area (Å²) in [6.45, 7) is 6.01. The first-order chi connectivity index (χ1) is 11.3. The molecule has 1 saturated carbocycles. The number of hydrogen-bond donors (Lipinski definition) is 2. The average molecular weight is 330 g/mol. The summed E-state index contributed by atoms with van der Waals surface area (Å²) < 4.78 is 0. The Morgan fingerprint density at radius 2 is 2.00 bits per heavy atom. The topological polar surface area (TPSA) is 57.5 Å². The smallest absolute Gasteiger partial charge is 0.133 e. The van der Waals surface area contributed by atoms with Crippen LogP contribution in [0.1, 0.15) is 59.3 Å². The Kier molecular flexibility index (Phi) is 4.85. The highest BCUT2D eigenvalue weighted by atomic mass is 16.3. The molecule has 0 amide bonds. The SMILES string of the molecule is CC(=O)[C@H]1CC[C@H]2C(/C=C/C3=C(C)CC[C@@H](O)C3)=C[C@@H](O)C[C@]12C. The fourth-order valence-electron chi connectivity index (χ4n) is 5.24. The van der Waals surface area contributed by atoms with Gasteiger partial charge in [-0.3, -0.25) is 4.79 Å². The van der Waals surface area contributed by atoms with Crippen LogP contribution in [0.2, 0.25) is 0 Å². The second-order valence-corrected chi connectivity index (χ2v) is 8.27. The van der Waals surface area contributed by atoms with Gasteiger partial charge in [0.15, 0.2) is 0 Å². The van der Waals surface area contributed by atoms with Crippen LogP contribution in [0.4, 0.5) is 0 Å². The number of carbonyl (C=O) groups excluding carboxylic acids is 1. The van der Waals surface area contributed by atoms with E-state index in [4.69, 9.17) is 0 Å². The molecule has 0 aliphatic heterocycles. The molecule has 1 fully saturated rings. The van der Waals surface area contributed by atoms with Gasteiger partial charge in [0.1, 0.15) is 5.78 Å². The zero-order valence-corrected chi connectivity index (χ0v) is 15.1. The van der Waals surface area contributed by atoms with Crippen LogP contribution in [-0.4, -0.2) is 28.2 Å². The molecule has 0 unspecified atom stereocenters. The van der Waals surface area contributed by atoms with Gasteiger partial charge in [-0.2, -0.15) is 0 Å². The zero-order valence-electron chi connectivity index (χ0n) is 15.1. The fourth-order valence-corrected chi connectivity index (χ4v) is 5.24. The van der Waals surface area contributed by atoms with E-state index in [1.165, 1.54) is 16.7 Å². The molecule has 2 N–H and O–H groups in total. The summed E-state index contributed by atoms with van der Waals surface area (Å²) in [5, 5.41) is 20.3. The molecule has 0 aromatic carbocycles. The number of fused-ring (bicyclic) bond motifs is 1. The minimum atomic E-state index is -0.474. The third kappa shape index (κ3) is 3.16. The maximum absolute atomic E-state index is 12.0. The van der Waals surface area contributed by atoms with E-state index in [2.05, 4.69) is 26.0 Å². The Morgan fingerprint density at radius 1 is 1.25 bits per heavy atom. The molecular weight excluding hydrogens is 300 g/mol. The molecule has 0 heterocycles. The Bertz CT molecular complexity index is 613. The quantitative estimate of drug-likeness (QED) is 0.829. The monoisotopic (exact) mass is 330 g/mol. The van der Waals surface area contributed by atoms with Crippen LogP contribution >= 0.6 is 0 Å². The van der Waals surface area contributed by atoms with E-state index in [0.29, 0.717) is 12.3 Å². The van der Waals surface area contributed by atoms with Crippen LogP contribution in [0.15, 0.2) is 34.9 Å². The summed E-state index contributed by atoms with van der Waals surface area (Å²) in [4.78, 5) is 12.0. The maximum atomic E-state index is 12.0. The van der Waals surface area contributed by atoms with E-state index in [9.17, 15) is 15.0 Å². The second-order valence-electron chi connectivity index (χ2n) is 8.27. The molecule has 0 aromatic heterocycles. The first-order valence-corrected chi connectivity index (χ1v) is 9.26. The molecule has 0 bridgehead atoms. The van der Waals surface area contributed by atoms with Crippen molar-refractivity contribution in [2.75, 3.05) is 0 Å². The number of Topliss-reactive ketones (excluding diaryl/α,β-unsaturated/α-hetero) is 1. The molecule has 3 nitrogen and oxygen atoms in total. The van der Waals surface area contributed by atoms with Crippen LogP contribution < -0.4 is 0 Å². The van der Waals surface area contributed by atoms with Crippen LogP contribution in [0.5, 0.6) is 0 Å². The van der Waals surface area contributed by atoms with Crippen LogP contribution in [0.25, 0.3) is 0 Å². The molecule has 3 aliphatic rings. The highest BCUT2D eigenvalue weighted by Crippen LogP contribution is 2.56. The number of carbonyl (C=O) groups is 1. The van der Waals surface area contributed by atoms with Crippen molar-refractivity contribution in [3.8, 4) is 0 Å². The van der Waals surface area contributed by atoms with E-state index >= 15 is 0 Å². The summed E-state index contributed by atoms with van der Waals surface area (Å²) in [5.74, 6) is 0.665. The summed E-state index contributed by atoms with van der Waals surface area (Å²) in [5.41, 5.74) is 3.61. The normalized spacial score (nSPS) is 40.0. The first-order valence-electron chi connectivity index (χ1n) is 9.26. The predicted molar refractivity (Wildman–Crippen MR) is 95.4 cm³/mol. The molecule has 0 spiro atoms. The Morgan fingerprint density at radius 3 is 2.71 bits per heavy atom. The summed E-state index contributed by atoms with van der Waals surface area (Å²) >= 11 is 0. The summed E-state index contributed by atoms with van der Waals surface area (Å²) in [6.07, 6.45) is 10.7. The lowest BCUT2D eigenvalue weighted by molar-refractivity contribution is -0.124. The molecule has 5 atom stereocenters. The zero-order chi connectivity index (χ0) is 17.5. The number of allylic oxidation sites excluding steroid dienone is 4. The lowest BCUT2D eigenvalue weighted by atomic mass is 9.63. The van der Waals surface area contributed by atoms with E-state index in [1.807, 2.05) is 6.08 Å². The van der Waals surface area contributed by atoms with Crippen molar-refractivity contribution >= 4 is 5.78 Å². The molecule has 3 rings (SSSR count). The van der Waals surface area contributed by atoms with Gasteiger partial charge < -0.3 is 10.2 Å². The average Bonchev–Trinajstić information content (AvgIpc) is 2.84. The van der Waals surface area contributed by atoms with Gasteiger partial charge in [0.05, 0.1) is 12.2 Å². The van der Waals surface area contributed by atoms with Crippen molar-refractivity contribution in [1.82, 2.24) is 0 Å². The summed E-state index contributed by atoms with van der Waals surface area (Å²) in [6, 6.07) is 0.